The van der Waals surface area contributed by atoms with Crippen LogP contribution in [0.1, 0.15) is 76.1 Å². The Morgan fingerprint density at radius 1 is 0.919 bits per heavy atom. The Bertz CT molecular complexity index is 1440. The summed E-state index contributed by atoms with van der Waals surface area (Å²) in [5.41, 5.74) is 13.8. The maximum Gasteiger partial charge on any atom is 0.201 e. The minimum atomic E-state index is -0.0208. The molecule has 0 amide bonds. The highest BCUT2D eigenvalue weighted by Crippen LogP contribution is 2.52. The first-order valence-electron chi connectivity index (χ1n) is 13.2. The molecule has 2 N–H and O–H groups in total. The van der Waals surface area contributed by atoms with Crippen molar-refractivity contribution in [1.82, 2.24) is 0 Å². The van der Waals surface area contributed by atoms with Crippen molar-refractivity contribution in [3.05, 3.63) is 104 Å². The van der Waals surface area contributed by atoms with E-state index in [9.17, 15) is 9.90 Å². The zero-order valence-electron chi connectivity index (χ0n) is 23.3. The van der Waals surface area contributed by atoms with Crippen molar-refractivity contribution in [2.75, 3.05) is 0 Å². The van der Waals surface area contributed by atoms with E-state index in [2.05, 4.69) is 98.2 Å². The van der Waals surface area contributed by atoms with Gasteiger partial charge in [0, 0.05) is 42.6 Å². The Morgan fingerprint density at radius 2 is 1.62 bits per heavy atom. The van der Waals surface area contributed by atoms with Gasteiger partial charge in [0.2, 0.25) is 5.78 Å². The zero-order chi connectivity index (χ0) is 26.0. The molecule has 3 nitrogen and oxygen atoms in total. The van der Waals surface area contributed by atoms with Gasteiger partial charge in [-0.15, -0.1) is 0 Å². The molecule has 0 aromatic carbocycles. The molecule has 3 heteroatoms. The molecule has 192 valence electrons. The van der Waals surface area contributed by atoms with E-state index in [4.69, 9.17) is 0 Å². The van der Waals surface area contributed by atoms with Crippen LogP contribution in [0.2, 0.25) is 0 Å². The van der Waals surface area contributed by atoms with Gasteiger partial charge >= 0.3 is 0 Å². The zero-order valence-corrected chi connectivity index (χ0v) is 23.3. The lowest BCUT2D eigenvalue weighted by Gasteiger charge is -2.26. The van der Waals surface area contributed by atoms with E-state index in [-0.39, 0.29) is 22.9 Å². The number of aryl methyl sites for hydroxylation is 2. The fourth-order valence-electron chi connectivity index (χ4n) is 6.14. The van der Waals surface area contributed by atoms with Crippen LogP contribution < -0.4 is 0 Å². The standard InChI is InChI=1S/C34H36O2.H2O/c1-17(2)23-11-9-19(5)29-25(15-23)21(7)13-27(29)31-33(35)32(34(31)36)28-14-22(8)26-16-24(18(3)4)12-10-20(6)30(26)28;/h9-13,15-18,30H,14H2,1-8H3;1H2. The van der Waals surface area contributed by atoms with Crippen LogP contribution in [0.3, 0.4) is 0 Å². The molecule has 0 saturated heterocycles. The van der Waals surface area contributed by atoms with Crippen molar-refractivity contribution in [3.63, 3.8) is 0 Å². The largest absolute Gasteiger partial charge is 0.870 e. The van der Waals surface area contributed by atoms with Crippen LogP contribution in [-0.2, 0) is 4.79 Å². The van der Waals surface area contributed by atoms with Gasteiger partial charge in [-0.3, -0.25) is 4.79 Å². The Labute approximate surface area is 221 Å². The van der Waals surface area contributed by atoms with E-state index < -0.39 is 0 Å². The summed E-state index contributed by atoms with van der Waals surface area (Å²) < 4.78 is 0. The predicted molar refractivity (Wildman–Crippen MR) is 152 cm³/mol. The number of hydrogen-bond donors (Lipinski definition) is 1. The fraction of sp³-hybridized carbons (Fsp3) is 0.353. The van der Waals surface area contributed by atoms with Gasteiger partial charge < -0.3 is 10.6 Å². The quantitative estimate of drug-likeness (QED) is 0.343. The summed E-state index contributed by atoms with van der Waals surface area (Å²) in [7, 11) is 0. The molecule has 0 aliphatic heterocycles. The van der Waals surface area contributed by atoms with Crippen LogP contribution >= 0.6 is 0 Å². The van der Waals surface area contributed by atoms with Crippen LogP contribution in [0.15, 0.2) is 75.6 Å². The Morgan fingerprint density at radius 3 is 2.24 bits per heavy atom. The van der Waals surface area contributed by atoms with Crippen LogP contribution in [0.5, 0.6) is 0 Å². The number of rotatable bonds is 3. The number of allylic oxidation sites excluding steroid dienone is 9. The number of aliphatic hydroxyl groups excluding tert-OH is 1. The van der Waals surface area contributed by atoms with Gasteiger partial charge in [0.25, 0.3) is 0 Å². The number of Topliss-reactive ketones (excluding diaryl/α,β-unsaturated/α-hetero) is 1. The normalized spacial score (nSPS) is 21.6. The van der Waals surface area contributed by atoms with Gasteiger partial charge in [-0.25, -0.2) is 0 Å². The van der Waals surface area contributed by atoms with Gasteiger partial charge in [-0.2, -0.15) is 0 Å². The van der Waals surface area contributed by atoms with Crippen LogP contribution in [-0.4, -0.2) is 16.4 Å². The first-order chi connectivity index (χ1) is 17.0. The highest BCUT2D eigenvalue weighted by molar-refractivity contribution is 6.40. The third-order valence-corrected chi connectivity index (χ3v) is 8.33. The third kappa shape index (κ3) is 4.10. The fourth-order valence-corrected chi connectivity index (χ4v) is 6.14. The van der Waals surface area contributed by atoms with Crippen LogP contribution in [0.25, 0.3) is 16.7 Å². The monoisotopic (exact) mass is 494 g/mol. The van der Waals surface area contributed by atoms with Gasteiger partial charge in [0.15, 0.2) is 0 Å². The van der Waals surface area contributed by atoms with Crippen molar-refractivity contribution in [3.8, 4) is 11.1 Å². The topological polar surface area (TPSA) is 67.3 Å². The Balaban J connectivity index is 0.00000320. The number of fused-ring (bicyclic) bond motifs is 2. The smallest absolute Gasteiger partial charge is 0.201 e. The maximum atomic E-state index is 13.8. The molecule has 5 rings (SSSR count). The number of carbonyl (C=O) groups is 1. The average Bonchev–Trinajstić information content (AvgIpc) is 3.11. The number of aliphatic hydroxyl groups is 1. The second kappa shape index (κ2) is 9.54. The van der Waals surface area contributed by atoms with Gasteiger partial charge in [0.1, 0.15) is 5.76 Å². The molecule has 37 heavy (non-hydrogen) atoms. The van der Waals surface area contributed by atoms with Crippen molar-refractivity contribution in [2.45, 2.75) is 67.7 Å². The van der Waals surface area contributed by atoms with Crippen LogP contribution in [0, 0.1) is 32.1 Å². The molecule has 0 fully saturated rings. The summed E-state index contributed by atoms with van der Waals surface area (Å²) >= 11 is 0. The molecule has 5 aliphatic rings. The molecule has 5 aliphatic carbocycles. The molecule has 0 heterocycles. The lowest BCUT2D eigenvalue weighted by Crippen LogP contribution is -2.24. The second-order valence-electron chi connectivity index (χ2n) is 11.5. The van der Waals surface area contributed by atoms with Crippen molar-refractivity contribution in [1.29, 1.82) is 0 Å². The molecule has 0 spiro atoms. The van der Waals surface area contributed by atoms with Gasteiger partial charge in [-0.05, 0) is 78.1 Å². The molecular formula is C34H38O3. The molecule has 0 radical (unpaired) electrons. The molecular weight excluding hydrogens is 456 g/mol. The molecule has 0 saturated carbocycles. The van der Waals surface area contributed by atoms with E-state index in [1.165, 1.54) is 27.9 Å². The van der Waals surface area contributed by atoms with Gasteiger partial charge in [-0.1, -0.05) is 51.5 Å². The Kier molecular flexibility index (Phi) is 6.90. The number of carbonyl (C=O) groups excluding carboxylic acids is 1. The minimum Gasteiger partial charge on any atom is -0.870 e. The number of hydrogen-bond acceptors (Lipinski definition) is 3. The number of ketones is 1. The average molecular weight is 495 g/mol. The maximum absolute atomic E-state index is 13.8. The van der Waals surface area contributed by atoms with Crippen molar-refractivity contribution >= 4 is 11.4 Å². The van der Waals surface area contributed by atoms with Crippen LogP contribution in [0.4, 0.5) is 0 Å². The first-order valence-corrected chi connectivity index (χ1v) is 13.2. The summed E-state index contributed by atoms with van der Waals surface area (Å²) in [5, 5.41) is 11.4. The first kappa shape index (κ1) is 26.8. The molecule has 0 bridgehead atoms. The third-order valence-electron chi connectivity index (χ3n) is 8.33. The highest BCUT2D eigenvalue weighted by Gasteiger charge is 2.45. The lowest BCUT2D eigenvalue weighted by molar-refractivity contribution is -0.111. The van der Waals surface area contributed by atoms with Crippen molar-refractivity contribution in [2.24, 2.45) is 11.8 Å². The highest BCUT2D eigenvalue weighted by atomic mass is 16.3. The van der Waals surface area contributed by atoms with E-state index in [1.807, 2.05) is 0 Å². The summed E-state index contributed by atoms with van der Waals surface area (Å²) in [6, 6.07) is 8.65. The molecule has 0 aromatic heterocycles. The van der Waals surface area contributed by atoms with E-state index in [1.54, 1.807) is 0 Å². The van der Waals surface area contributed by atoms with Gasteiger partial charge in [0.05, 0.1) is 22.6 Å². The van der Waals surface area contributed by atoms with E-state index in [0.717, 1.165) is 39.8 Å². The molecule has 1 atom stereocenters. The minimum absolute atomic E-state index is 0. The second-order valence-corrected chi connectivity index (χ2v) is 11.5. The summed E-state index contributed by atoms with van der Waals surface area (Å²) in [4.78, 5) is 13.8. The summed E-state index contributed by atoms with van der Waals surface area (Å²) in [5.74, 6) is 1.06. The SMILES string of the molecule is CC1=C[CH+]C(C(C)C)=CC2=C(C)CC(=C3C(=O)C(c4cc(C)c5cc(C(C)C)ccc(C)c4-5)=C3O)C12.[OH-]. The summed E-state index contributed by atoms with van der Waals surface area (Å²) in [6.07, 6.45) is 7.44. The predicted octanol–water partition coefficient (Wildman–Crippen LogP) is 8.59. The summed E-state index contributed by atoms with van der Waals surface area (Å²) in [6.45, 7) is 17.3. The van der Waals surface area contributed by atoms with Crippen molar-refractivity contribution < 1.29 is 15.4 Å². The Hall–Kier alpha value is -3.30. The molecule has 1 unspecified atom stereocenters. The molecule has 0 aromatic rings. The van der Waals surface area contributed by atoms with E-state index in [0.29, 0.717) is 23.0 Å². The lowest BCUT2D eigenvalue weighted by atomic mass is 9.76. The van der Waals surface area contributed by atoms with E-state index >= 15 is 0 Å².